The Morgan fingerprint density at radius 2 is 2.25 bits per heavy atom. The average Bonchev–Trinajstić information content (AvgIpc) is 3.19. The Morgan fingerprint density at radius 1 is 1.38 bits per heavy atom. The fourth-order valence-corrected chi connectivity index (χ4v) is 4.35. The first kappa shape index (κ1) is 15.1. The van der Waals surface area contributed by atoms with E-state index >= 15 is 0 Å². The number of hydrogen-bond acceptors (Lipinski definition) is 4. The van der Waals surface area contributed by atoms with Crippen molar-refractivity contribution in [1.29, 1.82) is 0 Å². The molecule has 1 unspecified atom stereocenters. The van der Waals surface area contributed by atoms with Crippen LogP contribution in [-0.2, 0) is 17.8 Å². The number of rotatable bonds is 3. The highest BCUT2D eigenvalue weighted by Gasteiger charge is 2.30. The lowest BCUT2D eigenvalue weighted by molar-refractivity contribution is -0.135. The molecule has 1 aliphatic rings. The van der Waals surface area contributed by atoms with E-state index < -0.39 is 0 Å². The van der Waals surface area contributed by atoms with Crippen LogP contribution in [0.1, 0.15) is 29.8 Å². The van der Waals surface area contributed by atoms with Crippen molar-refractivity contribution in [3.8, 4) is 0 Å². The highest BCUT2D eigenvalue weighted by atomic mass is 32.1. The zero-order chi connectivity index (χ0) is 16.7. The van der Waals surface area contributed by atoms with E-state index in [2.05, 4.69) is 23.5 Å². The molecule has 3 aromatic heterocycles. The van der Waals surface area contributed by atoms with Gasteiger partial charge in [0.05, 0.1) is 6.04 Å². The van der Waals surface area contributed by atoms with Crippen LogP contribution in [-0.4, -0.2) is 31.5 Å². The fourth-order valence-electron chi connectivity index (χ4n) is 3.43. The molecule has 4 heterocycles. The number of carbonyl (C=O) groups excluding carboxylic acids is 1. The molecule has 3 aromatic rings. The van der Waals surface area contributed by atoms with Crippen LogP contribution in [0.25, 0.3) is 5.65 Å². The lowest BCUT2D eigenvalue weighted by Gasteiger charge is -2.35. The minimum absolute atomic E-state index is 0.0174. The molecule has 124 valence electrons. The molecule has 24 heavy (non-hydrogen) atoms. The normalized spacial score (nSPS) is 17.2. The number of pyridine rings is 1. The van der Waals surface area contributed by atoms with Gasteiger partial charge in [0.25, 0.3) is 0 Å². The first-order chi connectivity index (χ1) is 11.7. The van der Waals surface area contributed by atoms with Gasteiger partial charge >= 0.3 is 5.69 Å². The van der Waals surface area contributed by atoms with Gasteiger partial charge in [-0.3, -0.25) is 9.20 Å². The number of fused-ring (bicyclic) bond motifs is 2. The molecule has 1 amide bonds. The summed E-state index contributed by atoms with van der Waals surface area (Å²) in [6.07, 6.45) is 3.42. The number of nitrogens with zero attached hydrogens (tertiary/aromatic N) is 4. The monoisotopic (exact) mass is 342 g/mol. The standard InChI is InChI=1S/C17H18N4O2S/c1-2-13-12-7-10-24-14(12)6-9-19(13)16(22)11-21-17(23)20-8-4-3-5-15(20)18-21/h3-5,7-8,10,13H,2,6,9,11H2,1H3. The quantitative estimate of drug-likeness (QED) is 0.732. The summed E-state index contributed by atoms with van der Waals surface area (Å²) in [5.41, 5.74) is 1.53. The number of aromatic nitrogens is 3. The van der Waals surface area contributed by atoms with Crippen LogP contribution in [0.5, 0.6) is 0 Å². The van der Waals surface area contributed by atoms with Crippen LogP contribution in [0.3, 0.4) is 0 Å². The van der Waals surface area contributed by atoms with Gasteiger partial charge in [-0.15, -0.1) is 16.4 Å². The summed E-state index contributed by atoms with van der Waals surface area (Å²) >= 11 is 1.76. The van der Waals surface area contributed by atoms with Crippen molar-refractivity contribution in [2.45, 2.75) is 32.4 Å². The van der Waals surface area contributed by atoms with E-state index in [-0.39, 0.29) is 24.2 Å². The molecule has 1 atom stereocenters. The third-order valence-corrected chi connectivity index (χ3v) is 5.57. The molecule has 0 saturated carbocycles. The van der Waals surface area contributed by atoms with Gasteiger partial charge in [-0.1, -0.05) is 13.0 Å². The van der Waals surface area contributed by atoms with Crippen molar-refractivity contribution in [1.82, 2.24) is 19.1 Å². The molecular weight excluding hydrogens is 324 g/mol. The lowest BCUT2D eigenvalue weighted by atomic mass is 9.98. The van der Waals surface area contributed by atoms with Gasteiger partial charge in [0.2, 0.25) is 5.91 Å². The fraction of sp³-hybridized carbons (Fsp3) is 0.353. The second-order valence-corrected chi connectivity index (χ2v) is 6.93. The van der Waals surface area contributed by atoms with Crippen LogP contribution in [0.15, 0.2) is 40.6 Å². The Balaban J connectivity index is 1.62. The first-order valence-electron chi connectivity index (χ1n) is 8.09. The van der Waals surface area contributed by atoms with E-state index in [1.807, 2.05) is 11.0 Å². The predicted octanol–water partition coefficient (Wildman–Crippen LogP) is 2.09. The Morgan fingerprint density at radius 3 is 3.04 bits per heavy atom. The first-order valence-corrected chi connectivity index (χ1v) is 8.97. The van der Waals surface area contributed by atoms with Crippen LogP contribution in [0.4, 0.5) is 0 Å². The molecule has 0 fully saturated rings. The molecule has 4 rings (SSSR count). The minimum atomic E-state index is -0.278. The molecule has 1 aliphatic heterocycles. The van der Waals surface area contributed by atoms with Gasteiger partial charge in [0, 0.05) is 17.6 Å². The van der Waals surface area contributed by atoms with E-state index in [9.17, 15) is 9.59 Å². The molecule has 0 radical (unpaired) electrons. The van der Waals surface area contributed by atoms with Crippen LogP contribution in [0, 0.1) is 0 Å². The highest BCUT2D eigenvalue weighted by Crippen LogP contribution is 2.35. The van der Waals surface area contributed by atoms with E-state index in [1.54, 1.807) is 29.7 Å². The molecule has 6 nitrogen and oxygen atoms in total. The second kappa shape index (κ2) is 5.90. The summed E-state index contributed by atoms with van der Waals surface area (Å²) in [5.74, 6) is -0.0517. The molecular formula is C17H18N4O2S. The van der Waals surface area contributed by atoms with Gasteiger partial charge < -0.3 is 4.90 Å². The van der Waals surface area contributed by atoms with E-state index in [0.29, 0.717) is 12.2 Å². The van der Waals surface area contributed by atoms with E-state index in [1.165, 1.54) is 19.5 Å². The average molecular weight is 342 g/mol. The van der Waals surface area contributed by atoms with Crippen molar-refractivity contribution < 1.29 is 4.79 Å². The summed E-state index contributed by atoms with van der Waals surface area (Å²) in [6, 6.07) is 7.57. The predicted molar refractivity (Wildman–Crippen MR) is 92.2 cm³/mol. The van der Waals surface area contributed by atoms with Gasteiger partial charge in [-0.2, -0.15) is 0 Å². The third kappa shape index (κ3) is 2.36. The van der Waals surface area contributed by atoms with Gasteiger partial charge in [-0.25, -0.2) is 9.48 Å². The Bertz CT molecular complexity index is 955. The summed E-state index contributed by atoms with van der Waals surface area (Å²) < 4.78 is 2.71. The van der Waals surface area contributed by atoms with Crippen molar-refractivity contribution in [3.05, 3.63) is 56.8 Å². The molecule has 7 heteroatoms. The van der Waals surface area contributed by atoms with E-state index in [4.69, 9.17) is 0 Å². The van der Waals surface area contributed by atoms with Crippen LogP contribution < -0.4 is 5.69 Å². The number of thiophene rings is 1. The maximum Gasteiger partial charge on any atom is 0.350 e. The van der Waals surface area contributed by atoms with Crippen molar-refractivity contribution in [3.63, 3.8) is 0 Å². The zero-order valence-electron chi connectivity index (χ0n) is 13.4. The summed E-state index contributed by atoms with van der Waals surface area (Å²) in [4.78, 5) is 28.4. The smallest absolute Gasteiger partial charge is 0.334 e. The molecule has 0 spiro atoms. The SMILES string of the molecule is CCC1c2ccsc2CCN1C(=O)Cn1nc2ccccn2c1=O. The zero-order valence-corrected chi connectivity index (χ0v) is 14.2. The maximum atomic E-state index is 12.8. The lowest BCUT2D eigenvalue weighted by Crippen LogP contribution is -2.42. The Hall–Kier alpha value is -2.41. The van der Waals surface area contributed by atoms with Crippen molar-refractivity contribution in [2.75, 3.05) is 6.54 Å². The third-order valence-electron chi connectivity index (χ3n) is 4.58. The highest BCUT2D eigenvalue weighted by molar-refractivity contribution is 7.10. The van der Waals surface area contributed by atoms with Gasteiger partial charge in [0.1, 0.15) is 6.54 Å². The maximum absolute atomic E-state index is 12.8. The van der Waals surface area contributed by atoms with Crippen LogP contribution in [0.2, 0.25) is 0 Å². The van der Waals surface area contributed by atoms with Crippen LogP contribution >= 0.6 is 11.3 Å². The molecule has 0 saturated heterocycles. The second-order valence-electron chi connectivity index (χ2n) is 5.93. The molecule has 0 bridgehead atoms. The topological polar surface area (TPSA) is 59.6 Å². The summed E-state index contributed by atoms with van der Waals surface area (Å²) in [5, 5.41) is 6.35. The molecule has 0 aliphatic carbocycles. The van der Waals surface area contributed by atoms with Crippen molar-refractivity contribution in [2.24, 2.45) is 0 Å². The van der Waals surface area contributed by atoms with Crippen molar-refractivity contribution >= 4 is 22.9 Å². The number of carbonyl (C=O) groups is 1. The largest absolute Gasteiger partial charge is 0.350 e. The van der Waals surface area contributed by atoms with E-state index in [0.717, 1.165) is 12.8 Å². The molecule has 0 aromatic carbocycles. The Labute approximate surface area is 142 Å². The summed E-state index contributed by atoms with van der Waals surface area (Å²) in [7, 11) is 0. The number of hydrogen-bond donors (Lipinski definition) is 0. The van der Waals surface area contributed by atoms with Gasteiger partial charge in [-0.05, 0) is 42.0 Å². The Kier molecular flexibility index (Phi) is 3.72. The van der Waals surface area contributed by atoms with Gasteiger partial charge in [0.15, 0.2) is 5.65 Å². The minimum Gasteiger partial charge on any atom is -0.334 e. The molecule has 0 N–H and O–H groups in total. The summed E-state index contributed by atoms with van der Waals surface area (Å²) in [6.45, 7) is 2.78. The number of amides is 1.